The van der Waals surface area contributed by atoms with Crippen molar-refractivity contribution in [1.29, 1.82) is 0 Å². The van der Waals surface area contributed by atoms with Crippen LogP contribution >= 0.6 is 23.1 Å². The van der Waals surface area contributed by atoms with Crippen LogP contribution in [0.25, 0.3) is 10.2 Å². The van der Waals surface area contributed by atoms with Crippen LogP contribution < -0.4 is 5.73 Å². The Labute approximate surface area is 120 Å². The van der Waals surface area contributed by atoms with E-state index in [1.807, 2.05) is 6.26 Å². The van der Waals surface area contributed by atoms with E-state index in [1.54, 1.807) is 11.3 Å². The summed E-state index contributed by atoms with van der Waals surface area (Å²) in [5.74, 6) is 0.604. The summed E-state index contributed by atoms with van der Waals surface area (Å²) in [7, 11) is 0. The number of nitrogen functional groups attached to an aromatic ring is 1. The lowest BCUT2D eigenvalue weighted by Crippen LogP contribution is -2.33. The highest BCUT2D eigenvalue weighted by Gasteiger charge is 2.32. The van der Waals surface area contributed by atoms with Crippen molar-refractivity contribution in [3.8, 4) is 0 Å². The molecule has 19 heavy (non-hydrogen) atoms. The summed E-state index contributed by atoms with van der Waals surface area (Å²) in [6.07, 6.45) is 3.85. The molecule has 2 N–H and O–H groups in total. The normalized spacial score (nSPS) is 22.7. The summed E-state index contributed by atoms with van der Waals surface area (Å²) in [5, 5.41) is 1.78. The zero-order valence-corrected chi connectivity index (χ0v) is 13.0. The van der Waals surface area contributed by atoms with Crippen molar-refractivity contribution in [3.63, 3.8) is 0 Å². The summed E-state index contributed by atoms with van der Waals surface area (Å²) in [6, 6.07) is 0. The van der Waals surface area contributed by atoms with Crippen molar-refractivity contribution in [2.24, 2.45) is 0 Å². The Morgan fingerprint density at radius 2 is 2.26 bits per heavy atom. The summed E-state index contributed by atoms with van der Waals surface area (Å²) < 4.78 is 5.98. The highest BCUT2D eigenvalue weighted by atomic mass is 32.2. The number of nitrogens with zero attached hydrogens (tertiary/aromatic N) is 2. The van der Waals surface area contributed by atoms with Gasteiger partial charge in [0.05, 0.1) is 17.6 Å². The smallest absolute Gasteiger partial charge is 0.190 e. The lowest BCUT2D eigenvalue weighted by molar-refractivity contribution is -0.0542. The molecule has 0 radical (unpaired) electrons. The molecule has 0 aromatic carbocycles. The average Bonchev–Trinajstić information content (AvgIpc) is 2.76. The number of hydrogen-bond donors (Lipinski definition) is 1. The van der Waals surface area contributed by atoms with Crippen LogP contribution in [0.5, 0.6) is 0 Å². The third-order valence-electron chi connectivity index (χ3n) is 3.77. The molecule has 0 aliphatic carbocycles. The predicted molar refractivity (Wildman–Crippen MR) is 80.8 cm³/mol. The van der Waals surface area contributed by atoms with E-state index in [9.17, 15) is 0 Å². The Morgan fingerprint density at radius 3 is 2.95 bits per heavy atom. The molecule has 0 spiro atoms. The van der Waals surface area contributed by atoms with Crippen molar-refractivity contribution in [3.05, 3.63) is 10.4 Å². The summed E-state index contributed by atoms with van der Waals surface area (Å²) in [4.78, 5) is 11.2. The predicted octanol–water partition coefficient (Wildman–Crippen LogP) is 3.24. The van der Waals surface area contributed by atoms with Gasteiger partial charge < -0.3 is 10.5 Å². The molecule has 1 aliphatic heterocycles. The zero-order chi connectivity index (χ0) is 13.6. The minimum atomic E-state index is -0.0916. The molecule has 0 bridgehead atoms. The second kappa shape index (κ2) is 4.61. The third-order valence-corrected chi connectivity index (χ3v) is 5.42. The van der Waals surface area contributed by atoms with Gasteiger partial charge in [0.1, 0.15) is 10.6 Å². The number of hydrogen-bond acceptors (Lipinski definition) is 6. The Bertz CT molecular complexity index is 640. The van der Waals surface area contributed by atoms with Crippen molar-refractivity contribution in [2.75, 3.05) is 12.0 Å². The quantitative estimate of drug-likeness (QED) is 0.681. The number of thiophene rings is 1. The number of thioether (sulfide) groups is 1. The van der Waals surface area contributed by atoms with Crippen molar-refractivity contribution in [2.45, 2.75) is 44.1 Å². The third kappa shape index (κ3) is 2.11. The number of aromatic nitrogens is 2. The van der Waals surface area contributed by atoms with Crippen LogP contribution in [0.1, 0.15) is 30.7 Å². The number of anilines is 1. The number of fused-ring (bicyclic) bond motifs is 3. The summed E-state index contributed by atoms with van der Waals surface area (Å²) in [5.41, 5.74) is 7.33. The van der Waals surface area contributed by atoms with Crippen LogP contribution in [0.3, 0.4) is 0 Å². The van der Waals surface area contributed by atoms with Crippen LogP contribution in [0.15, 0.2) is 5.16 Å². The molecule has 0 fully saturated rings. The van der Waals surface area contributed by atoms with Crippen LogP contribution in [0.4, 0.5) is 5.82 Å². The van der Waals surface area contributed by atoms with Gasteiger partial charge in [-0.1, -0.05) is 18.7 Å². The lowest BCUT2D eigenvalue weighted by Gasteiger charge is -2.33. The molecule has 3 rings (SSSR count). The van der Waals surface area contributed by atoms with E-state index in [0.717, 1.165) is 28.2 Å². The van der Waals surface area contributed by atoms with Crippen molar-refractivity contribution >= 4 is 39.1 Å². The van der Waals surface area contributed by atoms with E-state index in [1.165, 1.54) is 22.2 Å². The van der Waals surface area contributed by atoms with E-state index in [-0.39, 0.29) is 5.60 Å². The SMILES string of the molecule is CC[C@@]1(C)Cc2c(sc3nc(SC)nc(N)c23)CO1. The summed E-state index contributed by atoms with van der Waals surface area (Å²) >= 11 is 3.21. The average molecular weight is 295 g/mol. The Kier molecular flexibility index (Phi) is 3.19. The molecule has 0 saturated heterocycles. The Morgan fingerprint density at radius 1 is 1.47 bits per heavy atom. The molecule has 2 aromatic rings. The molecule has 4 nitrogen and oxygen atoms in total. The van der Waals surface area contributed by atoms with Gasteiger partial charge in [0, 0.05) is 11.3 Å². The first-order valence-corrected chi connectivity index (χ1v) is 8.36. The largest absolute Gasteiger partial charge is 0.383 e. The number of ether oxygens (including phenoxy) is 1. The minimum Gasteiger partial charge on any atom is -0.383 e. The molecular formula is C13H17N3OS2. The number of nitrogens with two attached hydrogens (primary N) is 1. The number of rotatable bonds is 2. The molecule has 1 atom stereocenters. The van der Waals surface area contributed by atoms with E-state index >= 15 is 0 Å². The molecule has 0 amide bonds. The van der Waals surface area contributed by atoms with Gasteiger partial charge >= 0.3 is 0 Å². The first-order valence-electron chi connectivity index (χ1n) is 6.32. The van der Waals surface area contributed by atoms with Gasteiger partial charge in [-0.3, -0.25) is 0 Å². The maximum atomic E-state index is 6.13. The molecule has 102 valence electrons. The second-order valence-electron chi connectivity index (χ2n) is 5.05. The molecule has 2 aromatic heterocycles. The first-order chi connectivity index (χ1) is 9.06. The van der Waals surface area contributed by atoms with Crippen molar-refractivity contribution in [1.82, 2.24) is 9.97 Å². The van der Waals surface area contributed by atoms with Gasteiger partial charge in [-0.25, -0.2) is 9.97 Å². The highest BCUT2D eigenvalue weighted by molar-refractivity contribution is 7.98. The maximum Gasteiger partial charge on any atom is 0.190 e. The monoisotopic (exact) mass is 295 g/mol. The molecule has 0 unspecified atom stereocenters. The van der Waals surface area contributed by atoms with E-state index in [0.29, 0.717) is 12.4 Å². The van der Waals surface area contributed by atoms with Gasteiger partial charge in [-0.15, -0.1) is 11.3 Å². The van der Waals surface area contributed by atoms with Crippen LogP contribution in [0, 0.1) is 0 Å². The Balaban J connectivity index is 2.18. The van der Waals surface area contributed by atoms with E-state index in [4.69, 9.17) is 10.5 Å². The molecule has 6 heteroatoms. The van der Waals surface area contributed by atoms with Crippen molar-refractivity contribution < 1.29 is 4.74 Å². The van der Waals surface area contributed by atoms with Gasteiger partial charge in [0.2, 0.25) is 0 Å². The zero-order valence-electron chi connectivity index (χ0n) is 11.3. The summed E-state index contributed by atoms with van der Waals surface area (Å²) in [6.45, 7) is 4.98. The van der Waals surface area contributed by atoms with Crippen LogP contribution in [-0.2, 0) is 17.8 Å². The minimum absolute atomic E-state index is 0.0916. The fourth-order valence-electron chi connectivity index (χ4n) is 2.40. The van der Waals surface area contributed by atoms with Gasteiger partial charge in [-0.05, 0) is 25.2 Å². The maximum absolute atomic E-state index is 6.13. The topological polar surface area (TPSA) is 61.0 Å². The van der Waals surface area contributed by atoms with Crippen LogP contribution in [-0.4, -0.2) is 21.8 Å². The second-order valence-corrected chi connectivity index (χ2v) is 6.91. The molecule has 3 heterocycles. The highest BCUT2D eigenvalue weighted by Crippen LogP contribution is 2.41. The first kappa shape index (κ1) is 13.1. The Hall–Kier alpha value is -0.850. The van der Waals surface area contributed by atoms with E-state index < -0.39 is 0 Å². The van der Waals surface area contributed by atoms with Gasteiger partial charge in [0.25, 0.3) is 0 Å². The van der Waals surface area contributed by atoms with E-state index in [2.05, 4.69) is 23.8 Å². The fourth-order valence-corrected chi connectivity index (χ4v) is 3.94. The van der Waals surface area contributed by atoms with Crippen LogP contribution in [0.2, 0.25) is 0 Å². The molecule has 0 saturated carbocycles. The fraction of sp³-hybridized carbons (Fsp3) is 0.538. The van der Waals surface area contributed by atoms with Gasteiger partial charge in [-0.2, -0.15) is 0 Å². The lowest BCUT2D eigenvalue weighted by atomic mass is 9.90. The molecule has 1 aliphatic rings. The van der Waals surface area contributed by atoms with Gasteiger partial charge in [0.15, 0.2) is 5.16 Å². The standard InChI is InChI=1S/C13H17N3OS2/c1-4-13(2)5-7-8(6-17-13)19-11-9(7)10(14)15-12(16-11)18-3/h4-6H2,1-3H3,(H2,14,15,16)/t13-/m0/s1. The molecular weight excluding hydrogens is 278 g/mol.